The number of thioether (sulfide) groups is 2. The van der Waals surface area contributed by atoms with Gasteiger partial charge in [0.05, 0.1) is 29.1 Å². The predicted molar refractivity (Wildman–Crippen MR) is 101 cm³/mol. The number of carbonyl (C=O) groups is 1. The molecule has 0 radical (unpaired) electrons. The van der Waals surface area contributed by atoms with E-state index in [1.165, 1.54) is 16.3 Å². The summed E-state index contributed by atoms with van der Waals surface area (Å²) in [5.74, 6) is 0.599. The minimum absolute atomic E-state index is 0.0352. The highest BCUT2D eigenvalue weighted by atomic mass is 32.2. The second-order valence-electron chi connectivity index (χ2n) is 5.70. The number of hydrogen-bond acceptors (Lipinski definition) is 6. The first-order valence-corrected chi connectivity index (χ1v) is 9.68. The fourth-order valence-corrected chi connectivity index (χ4v) is 4.50. The van der Waals surface area contributed by atoms with Gasteiger partial charge in [-0.15, -0.1) is 11.8 Å². The van der Waals surface area contributed by atoms with E-state index < -0.39 is 0 Å². The largest absolute Gasteiger partial charge is 0.495 e. The number of ether oxygens (including phenoxy) is 1. The molecule has 1 aliphatic heterocycles. The van der Waals surface area contributed by atoms with Crippen molar-refractivity contribution in [3.8, 4) is 5.75 Å². The zero-order chi connectivity index (χ0) is 18.0. The molecule has 8 heteroatoms. The second kappa shape index (κ2) is 7.53. The summed E-state index contributed by atoms with van der Waals surface area (Å²) in [6.45, 7) is 2.08. The smallest absolute Gasteiger partial charge is 0.267 e. The van der Waals surface area contributed by atoms with Crippen molar-refractivity contribution < 1.29 is 9.53 Å². The van der Waals surface area contributed by atoms with Gasteiger partial charge in [-0.3, -0.25) is 14.2 Å². The number of fused-ring (bicyclic) bond motifs is 1. The Bertz CT molecular complexity index is 867. The van der Waals surface area contributed by atoms with Crippen LogP contribution in [0.4, 0.5) is 5.69 Å². The number of nitrogens with one attached hydrogen (secondary N) is 1. The Morgan fingerprint density at radius 3 is 3.00 bits per heavy atom. The maximum Gasteiger partial charge on any atom is 0.267 e. The molecule has 0 aliphatic carbocycles. The van der Waals surface area contributed by atoms with Crippen molar-refractivity contribution in [2.75, 3.05) is 18.2 Å². The number of anilines is 1. The van der Waals surface area contributed by atoms with Crippen LogP contribution in [0.3, 0.4) is 0 Å². The van der Waals surface area contributed by atoms with E-state index in [4.69, 9.17) is 4.74 Å². The number of para-hydroxylation sites is 2. The molecule has 1 aromatic carbocycles. The van der Waals surface area contributed by atoms with E-state index in [1.54, 1.807) is 38.1 Å². The molecule has 0 spiro atoms. The topological polar surface area (TPSA) is 73.2 Å². The van der Waals surface area contributed by atoms with Crippen LogP contribution in [0.1, 0.15) is 12.6 Å². The molecule has 0 unspecified atom stereocenters. The van der Waals surface area contributed by atoms with Crippen LogP contribution in [-0.2, 0) is 18.3 Å². The van der Waals surface area contributed by atoms with Crippen molar-refractivity contribution in [2.24, 2.45) is 7.05 Å². The zero-order valence-electron chi connectivity index (χ0n) is 14.2. The molecule has 132 valence electrons. The van der Waals surface area contributed by atoms with Crippen molar-refractivity contribution in [3.05, 3.63) is 40.3 Å². The molecule has 0 saturated carbocycles. The summed E-state index contributed by atoms with van der Waals surface area (Å²) in [5.41, 5.74) is 1.43. The van der Waals surface area contributed by atoms with Crippen LogP contribution < -0.4 is 15.6 Å². The van der Waals surface area contributed by atoms with E-state index in [1.807, 2.05) is 12.1 Å². The van der Waals surface area contributed by atoms with Gasteiger partial charge in [-0.25, -0.2) is 4.98 Å². The highest BCUT2D eigenvalue weighted by molar-refractivity contribution is 8.00. The molecular weight excluding hydrogens is 358 g/mol. The van der Waals surface area contributed by atoms with Gasteiger partial charge in [-0.05, 0) is 12.1 Å². The van der Waals surface area contributed by atoms with Gasteiger partial charge in [0.1, 0.15) is 5.75 Å². The van der Waals surface area contributed by atoms with Gasteiger partial charge in [0, 0.05) is 18.7 Å². The van der Waals surface area contributed by atoms with Crippen LogP contribution in [0.15, 0.2) is 39.1 Å². The molecule has 1 N–H and O–H groups in total. The number of rotatable bonds is 5. The molecule has 2 aromatic rings. The van der Waals surface area contributed by atoms with Crippen molar-refractivity contribution in [2.45, 2.75) is 28.6 Å². The first-order chi connectivity index (χ1) is 12.0. The molecule has 0 saturated heterocycles. The van der Waals surface area contributed by atoms with Gasteiger partial charge in [0.15, 0.2) is 5.16 Å². The number of aromatic nitrogens is 2. The van der Waals surface area contributed by atoms with Gasteiger partial charge < -0.3 is 10.1 Å². The summed E-state index contributed by atoms with van der Waals surface area (Å²) < 4.78 is 6.74. The normalized spacial score (nSPS) is 15.7. The average molecular weight is 377 g/mol. The van der Waals surface area contributed by atoms with Gasteiger partial charge in [-0.1, -0.05) is 30.8 Å². The maximum atomic E-state index is 12.4. The summed E-state index contributed by atoms with van der Waals surface area (Å²) in [6, 6.07) is 7.24. The van der Waals surface area contributed by atoms with Gasteiger partial charge >= 0.3 is 0 Å². The van der Waals surface area contributed by atoms with E-state index in [-0.39, 0.29) is 17.2 Å². The Balaban J connectivity index is 1.70. The summed E-state index contributed by atoms with van der Waals surface area (Å²) >= 11 is 2.83. The van der Waals surface area contributed by atoms with Crippen molar-refractivity contribution in [1.82, 2.24) is 9.55 Å². The third-order valence-electron chi connectivity index (χ3n) is 3.79. The minimum Gasteiger partial charge on any atom is -0.495 e. The van der Waals surface area contributed by atoms with E-state index in [0.29, 0.717) is 21.8 Å². The van der Waals surface area contributed by atoms with E-state index in [0.717, 1.165) is 17.0 Å². The number of methoxy groups -OCH3 is 1. The summed E-state index contributed by atoms with van der Waals surface area (Å²) in [6.07, 6.45) is 0.789. The summed E-state index contributed by atoms with van der Waals surface area (Å²) in [4.78, 5) is 30.0. The molecule has 25 heavy (non-hydrogen) atoms. The zero-order valence-corrected chi connectivity index (χ0v) is 15.9. The Kier molecular flexibility index (Phi) is 5.39. The van der Waals surface area contributed by atoms with Crippen molar-refractivity contribution >= 4 is 35.1 Å². The van der Waals surface area contributed by atoms with Crippen LogP contribution in [-0.4, -0.2) is 33.6 Å². The fraction of sp³-hybridized carbons (Fsp3) is 0.353. The van der Waals surface area contributed by atoms with E-state index >= 15 is 0 Å². The number of nitrogens with zero attached hydrogens (tertiary/aromatic N) is 2. The fourth-order valence-electron chi connectivity index (χ4n) is 2.57. The number of hydrogen-bond donors (Lipinski definition) is 1. The number of amides is 1. The third kappa shape index (κ3) is 3.85. The molecule has 2 heterocycles. The number of carbonyl (C=O) groups excluding carboxylic acids is 1. The molecule has 1 amide bonds. The highest BCUT2D eigenvalue weighted by Crippen LogP contribution is 2.34. The minimum atomic E-state index is -0.174. The lowest BCUT2D eigenvalue weighted by molar-refractivity contribution is -0.113. The van der Waals surface area contributed by atoms with Crippen molar-refractivity contribution in [1.29, 1.82) is 0 Å². The van der Waals surface area contributed by atoms with E-state index in [2.05, 4.69) is 17.2 Å². The van der Waals surface area contributed by atoms with Crippen LogP contribution >= 0.6 is 23.5 Å². The molecule has 1 aliphatic rings. The molecule has 1 aromatic heterocycles. The van der Waals surface area contributed by atoms with Gasteiger partial charge in [0.25, 0.3) is 5.56 Å². The first kappa shape index (κ1) is 17.9. The van der Waals surface area contributed by atoms with Gasteiger partial charge in [0.2, 0.25) is 5.91 Å². The molecule has 6 nitrogen and oxygen atoms in total. The Hall–Kier alpha value is -1.93. The summed E-state index contributed by atoms with van der Waals surface area (Å²) in [5, 5.41) is 3.75. The van der Waals surface area contributed by atoms with E-state index in [9.17, 15) is 9.59 Å². The van der Waals surface area contributed by atoms with Crippen LogP contribution in [0, 0.1) is 0 Å². The van der Waals surface area contributed by atoms with Crippen LogP contribution in [0.5, 0.6) is 5.75 Å². The molecule has 3 rings (SSSR count). The summed E-state index contributed by atoms with van der Waals surface area (Å²) in [7, 11) is 3.25. The van der Waals surface area contributed by atoms with Gasteiger partial charge in [-0.2, -0.15) is 0 Å². The third-order valence-corrected chi connectivity index (χ3v) is 6.04. The molecule has 0 bridgehead atoms. The lowest BCUT2D eigenvalue weighted by Crippen LogP contribution is -2.23. The average Bonchev–Trinajstić information content (AvgIpc) is 2.98. The number of benzene rings is 1. The van der Waals surface area contributed by atoms with Crippen LogP contribution in [0.25, 0.3) is 0 Å². The quantitative estimate of drug-likeness (QED) is 0.638. The molecular formula is C17H19N3O3S2. The highest BCUT2D eigenvalue weighted by Gasteiger charge is 2.25. The van der Waals surface area contributed by atoms with Crippen LogP contribution in [0.2, 0.25) is 0 Å². The first-order valence-electron chi connectivity index (χ1n) is 7.81. The lowest BCUT2D eigenvalue weighted by atomic mass is 10.2. The molecule has 0 fully saturated rings. The molecule has 1 atom stereocenters. The Labute approximate surface area is 154 Å². The monoisotopic (exact) mass is 377 g/mol. The standard InChI is InChI=1S/C17H19N3O3S2/c1-10-8-12-15(25-10)16(22)20(2)17(19-12)24-9-14(21)18-11-6-4-5-7-13(11)23-3/h4-7,10H,8-9H2,1-3H3,(H,18,21)/t10-/m1/s1. The SMILES string of the molecule is COc1ccccc1NC(=O)CSc1nc2c(c(=O)n1C)S[C@H](C)C2. The van der Waals surface area contributed by atoms with Crippen molar-refractivity contribution in [3.63, 3.8) is 0 Å². The second-order valence-corrected chi connectivity index (χ2v) is 8.10. The Morgan fingerprint density at radius 1 is 1.48 bits per heavy atom. The lowest BCUT2D eigenvalue weighted by Gasteiger charge is -2.11. The predicted octanol–water partition coefficient (Wildman–Crippen LogP) is 2.56. The maximum absolute atomic E-state index is 12.4. The Morgan fingerprint density at radius 2 is 2.24 bits per heavy atom.